The number of halogens is 1. The zero-order valence-electron chi connectivity index (χ0n) is 8.98. The van der Waals surface area contributed by atoms with Crippen LogP contribution in [0.2, 0.25) is 0 Å². The van der Waals surface area contributed by atoms with Crippen LogP contribution >= 0.6 is 15.9 Å². The fourth-order valence-electron chi connectivity index (χ4n) is 1.38. The van der Waals surface area contributed by atoms with Crippen LogP contribution in [0.15, 0.2) is 22.7 Å². The van der Waals surface area contributed by atoms with Gasteiger partial charge >= 0.3 is 0 Å². The van der Waals surface area contributed by atoms with Crippen LogP contribution in [0.5, 0.6) is 0 Å². The SMILES string of the molecule is CC(Nc1cc(Br)ccc1C#N)c1nn[nH]n1. The van der Waals surface area contributed by atoms with Gasteiger partial charge in [0.05, 0.1) is 17.3 Å². The Morgan fingerprint density at radius 2 is 2.35 bits per heavy atom. The first-order valence-electron chi connectivity index (χ1n) is 4.90. The maximum Gasteiger partial charge on any atom is 0.196 e. The van der Waals surface area contributed by atoms with Gasteiger partial charge < -0.3 is 5.32 Å². The van der Waals surface area contributed by atoms with Crippen molar-refractivity contribution in [3.63, 3.8) is 0 Å². The third-order valence-electron chi connectivity index (χ3n) is 2.22. The van der Waals surface area contributed by atoms with Gasteiger partial charge in [0, 0.05) is 4.47 Å². The van der Waals surface area contributed by atoms with E-state index in [9.17, 15) is 0 Å². The summed E-state index contributed by atoms with van der Waals surface area (Å²) >= 11 is 3.36. The first-order chi connectivity index (χ1) is 8.20. The molecule has 0 aliphatic rings. The molecule has 0 radical (unpaired) electrons. The zero-order valence-corrected chi connectivity index (χ0v) is 10.6. The summed E-state index contributed by atoms with van der Waals surface area (Å²) in [5.74, 6) is 0.550. The molecule has 0 aliphatic carbocycles. The second-order valence-electron chi connectivity index (χ2n) is 3.44. The molecule has 1 aromatic carbocycles. The van der Waals surface area contributed by atoms with Crippen molar-refractivity contribution in [2.24, 2.45) is 0 Å². The minimum atomic E-state index is -0.129. The summed E-state index contributed by atoms with van der Waals surface area (Å²) in [5, 5.41) is 25.8. The topological polar surface area (TPSA) is 90.3 Å². The predicted octanol–water partition coefficient (Wildman–Crippen LogP) is 2.01. The molecule has 86 valence electrons. The molecular formula is C10H9BrN6. The first-order valence-corrected chi connectivity index (χ1v) is 5.69. The Balaban J connectivity index is 2.24. The average molecular weight is 293 g/mol. The number of nitrogens with zero attached hydrogens (tertiary/aromatic N) is 4. The number of hydrogen-bond acceptors (Lipinski definition) is 5. The van der Waals surface area contributed by atoms with E-state index in [0.29, 0.717) is 11.4 Å². The standard InChI is InChI=1S/C10H9BrN6/c1-6(10-14-16-17-15-10)13-9-4-8(11)3-2-7(9)5-12/h2-4,6,13H,1H3,(H,14,15,16,17). The van der Waals surface area contributed by atoms with Crippen LogP contribution in [-0.4, -0.2) is 20.6 Å². The van der Waals surface area contributed by atoms with E-state index in [4.69, 9.17) is 5.26 Å². The van der Waals surface area contributed by atoms with Gasteiger partial charge in [0.2, 0.25) is 0 Å². The molecule has 0 fully saturated rings. The smallest absolute Gasteiger partial charge is 0.196 e. The number of nitrogens with one attached hydrogen (secondary N) is 2. The molecule has 1 aromatic heterocycles. The first kappa shape index (κ1) is 11.5. The lowest BCUT2D eigenvalue weighted by Gasteiger charge is -2.12. The molecule has 0 amide bonds. The molecule has 1 heterocycles. The summed E-state index contributed by atoms with van der Waals surface area (Å²) in [6.45, 7) is 1.90. The van der Waals surface area contributed by atoms with Crippen LogP contribution in [0.4, 0.5) is 5.69 Å². The number of H-pyrrole nitrogens is 1. The van der Waals surface area contributed by atoms with Crippen LogP contribution in [0.3, 0.4) is 0 Å². The zero-order chi connectivity index (χ0) is 12.3. The van der Waals surface area contributed by atoms with Gasteiger partial charge in [0.1, 0.15) is 6.07 Å². The lowest BCUT2D eigenvalue weighted by atomic mass is 10.2. The lowest BCUT2D eigenvalue weighted by molar-refractivity contribution is 0.793. The number of nitriles is 1. The van der Waals surface area contributed by atoms with Gasteiger partial charge in [0.25, 0.3) is 0 Å². The van der Waals surface area contributed by atoms with Gasteiger partial charge in [0.15, 0.2) is 5.82 Å². The highest BCUT2D eigenvalue weighted by Crippen LogP contribution is 2.24. The van der Waals surface area contributed by atoms with Crippen molar-refractivity contribution in [1.29, 1.82) is 5.26 Å². The Kier molecular flexibility index (Phi) is 3.35. The molecule has 0 aliphatic heterocycles. The van der Waals surface area contributed by atoms with E-state index in [-0.39, 0.29) is 6.04 Å². The van der Waals surface area contributed by atoms with Crippen molar-refractivity contribution in [2.45, 2.75) is 13.0 Å². The number of aromatic amines is 1. The normalized spacial score (nSPS) is 11.8. The number of hydrogen-bond donors (Lipinski definition) is 2. The maximum absolute atomic E-state index is 9.00. The van der Waals surface area contributed by atoms with Gasteiger partial charge in [-0.1, -0.05) is 21.1 Å². The second kappa shape index (κ2) is 4.93. The second-order valence-corrected chi connectivity index (χ2v) is 4.35. The Hall–Kier alpha value is -1.94. The van der Waals surface area contributed by atoms with E-state index in [1.165, 1.54) is 0 Å². The molecule has 2 N–H and O–H groups in total. The van der Waals surface area contributed by atoms with E-state index >= 15 is 0 Å². The molecule has 0 bridgehead atoms. The third-order valence-corrected chi connectivity index (χ3v) is 2.72. The van der Waals surface area contributed by atoms with Crippen molar-refractivity contribution >= 4 is 21.6 Å². The predicted molar refractivity (Wildman–Crippen MR) is 65.1 cm³/mol. The Labute approximate surface area is 106 Å². The molecule has 2 aromatic rings. The molecule has 17 heavy (non-hydrogen) atoms. The molecular weight excluding hydrogens is 284 g/mol. The summed E-state index contributed by atoms with van der Waals surface area (Å²) in [6, 6.07) is 7.41. The van der Waals surface area contributed by atoms with E-state index in [0.717, 1.165) is 10.2 Å². The van der Waals surface area contributed by atoms with Gasteiger partial charge in [-0.2, -0.15) is 10.5 Å². The number of anilines is 1. The molecule has 6 nitrogen and oxygen atoms in total. The summed E-state index contributed by atoms with van der Waals surface area (Å²) < 4.78 is 0.902. The summed E-state index contributed by atoms with van der Waals surface area (Å²) in [4.78, 5) is 0. The highest BCUT2D eigenvalue weighted by Gasteiger charge is 2.12. The Bertz CT molecular complexity index is 544. The van der Waals surface area contributed by atoms with Crippen LogP contribution in [0, 0.1) is 11.3 Å². The van der Waals surface area contributed by atoms with Gasteiger partial charge in [-0.3, -0.25) is 0 Å². The monoisotopic (exact) mass is 292 g/mol. The lowest BCUT2D eigenvalue weighted by Crippen LogP contribution is -2.09. The van der Waals surface area contributed by atoms with E-state index in [1.807, 2.05) is 19.1 Å². The van der Waals surface area contributed by atoms with E-state index in [2.05, 4.69) is 47.9 Å². The fourth-order valence-corrected chi connectivity index (χ4v) is 1.75. The van der Waals surface area contributed by atoms with Crippen LogP contribution in [-0.2, 0) is 0 Å². The maximum atomic E-state index is 9.00. The van der Waals surface area contributed by atoms with Gasteiger partial charge in [-0.25, -0.2) is 0 Å². The Morgan fingerprint density at radius 3 is 3.00 bits per heavy atom. The van der Waals surface area contributed by atoms with Crippen molar-refractivity contribution in [2.75, 3.05) is 5.32 Å². The molecule has 2 rings (SSSR count). The molecule has 7 heteroatoms. The summed E-state index contributed by atoms with van der Waals surface area (Å²) in [5.41, 5.74) is 1.31. The largest absolute Gasteiger partial charge is 0.374 e. The van der Waals surface area contributed by atoms with Crippen molar-refractivity contribution in [3.05, 3.63) is 34.1 Å². The third kappa shape index (κ3) is 2.60. The summed E-state index contributed by atoms with van der Waals surface area (Å²) in [6.07, 6.45) is 0. The number of aromatic nitrogens is 4. The summed E-state index contributed by atoms with van der Waals surface area (Å²) in [7, 11) is 0. The molecule has 0 saturated carbocycles. The minimum absolute atomic E-state index is 0.129. The molecule has 0 spiro atoms. The van der Waals surface area contributed by atoms with Crippen LogP contribution in [0.25, 0.3) is 0 Å². The van der Waals surface area contributed by atoms with E-state index < -0.39 is 0 Å². The van der Waals surface area contributed by atoms with Crippen molar-refractivity contribution in [3.8, 4) is 6.07 Å². The van der Waals surface area contributed by atoms with Crippen LogP contribution < -0.4 is 5.32 Å². The Morgan fingerprint density at radius 1 is 1.53 bits per heavy atom. The highest BCUT2D eigenvalue weighted by molar-refractivity contribution is 9.10. The fraction of sp³-hybridized carbons (Fsp3) is 0.200. The molecule has 1 atom stereocenters. The highest BCUT2D eigenvalue weighted by atomic mass is 79.9. The quantitative estimate of drug-likeness (QED) is 0.903. The average Bonchev–Trinajstić information content (AvgIpc) is 2.83. The van der Waals surface area contributed by atoms with Crippen LogP contribution in [0.1, 0.15) is 24.4 Å². The van der Waals surface area contributed by atoms with Gasteiger partial charge in [-0.05, 0) is 25.1 Å². The van der Waals surface area contributed by atoms with Crippen molar-refractivity contribution < 1.29 is 0 Å². The van der Waals surface area contributed by atoms with E-state index in [1.54, 1.807) is 6.07 Å². The number of tetrazole rings is 1. The number of rotatable bonds is 3. The number of benzene rings is 1. The molecule has 0 saturated heterocycles. The van der Waals surface area contributed by atoms with Crippen molar-refractivity contribution in [1.82, 2.24) is 20.6 Å². The molecule has 1 unspecified atom stereocenters. The minimum Gasteiger partial charge on any atom is -0.374 e. The van der Waals surface area contributed by atoms with Gasteiger partial charge in [-0.15, -0.1) is 10.2 Å².